The molecule has 1 saturated carbocycles. The van der Waals surface area contributed by atoms with E-state index in [0.29, 0.717) is 17.2 Å². The van der Waals surface area contributed by atoms with Gasteiger partial charge in [-0.2, -0.15) is 0 Å². The highest BCUT2D eigenvalue weighted by Gasteiger charge is 2.42. The maximum atomic E-state index is 12.8. The van der Waals surface area contributed by atoms with Gasteiger partial charge in [-0.3, -0.25) is 9.78 Å². The number of ether oxygens (including phenoxy) is 1. The van der Waals surface area contributed by atoms with Crippen molar-refractivity contribution in [2.45, 2.75) is 32.2 Å². The second kappa shape index (κ2) is 5.81. The first kappa shape index (κ1) is 15.7. The Morgan fingerprint density at radius 3 is 2.78 bits per heavy atom. The van der Waals surface area contributed by atoms with Gasteiger partial charge in [-0.1, -0.05) is 0 Å². The van der Waals surface area contributed by atoms with Gasteiger partial charge in [-0.15, -0.1) is 0 Å². The fourth-order valence-corrected chi connectivity index (χ4v) is 2.97. The van der Waals surface area contributed by atoms with Gasteiger partial charge < -0.3 is 15.2 Å². The molecular weight excluding hydrogens is 292 g/mol. The number of aliphatic hydroxyl groups excluding tert-OH is 1. The Kier molecular flexibility index (Phi) is 3.98. The lowest BCUT2D eigenvalue weighted by atomic mass is 9.96. The number of hydrogen-bond acceptors (Lipinski definition) is 4. The van der Waals surface area contributed by atoms with Crippen LogP contribution in [-0.2, 0) is 0 Å². The Hall–Kier alpha value is -2.14. The molecule has 0 spiro atoms. The van der Waals surface area contributed by atoms with Crippen LogP contribution >= 0.6 is 0 Å². The Labute approximate surface area is 135 Å². The maximum Gasteiger partial charge on any atom is 0.252 e. The van der Waals surface area contributed by atoms with Crippen molar-refractivity contribution in [2.75, 3.05) is 13.7 Å². The van der Waals surface area contributed by atoms with E-state index in [4.69, 9.17) is 4.74 Å². The first-order valence-electron chi connectivity index (χ1n) is 7.85. The van der Waals surface area contributed by atoms with Gasteiger partial charge in [0, 0.05) is 11.1 Å². The molecule has 5 heteroatoms. The van der Waals surface area contributed by atoms with Crippen LogP contribution in [0.25, 0.3) is 10.9 Å². The molecule has 1 unspecified atom stereocenters. The molecule has 3 rings (SSSR count). The third kappa shape index (κ3) is 3.01. The van der Waals surface area contributed by atoms with Gasteiger partial charge in [0.05, 0.1) is 30.3 Å². The number of pyridine rings is 1. The van der Waals surface area contributed by atoms with Crippen molar-refractivity contribution in [2.24, 2.45) is 5.92 Å². The van der Waals surface area contributed by atoms with E-state index in [2.05, 4.69) is 10.3 Å². The highest BCUT2D eigenvalue weighted by molar-refractivity contribution is 6.06. The van der Waals surface area contributed by atoms with E-state index in [-0.39, 0.29) is 12.5 Å². The Morgan fingerprint density at radius 1 is 1.43 bits per heavy atom. The van der Waals surface area contributed by atoms with Gasteiger partial charge in [0.25, 0.3) is 5.91 Å². The summed E-state index contributed by atoms with van der Waals surface area (Å²) in [7, 11) is 1.60. The van der Waals surface area contributed by atoms with E-state index in [1.165, 1.54) is 0 Å². The molecule has 0 radical (unpaired) electrons. The topological polar surface area (TPSA) is 71.5 Å². The number of rotatable bonds is 5. The van der Waals surface area contributed by atoms with Crippen molar-refractivity contribution in [3.05, 3.63) is 35.5 Å². The first-order chi connectivity index (χ1) is 11.0. The summed E-state index contributed by atoms with van der Waals surface area (Å²) in [6.07, 6.45) is 2.09. The Morgan fingerprint density at radius 2 is 2.17 bits per heavy atom. The number of amides is 1. The molecule has 5 nitrogen and oxygen atoms in total. The molecular formula is C18H22N2O3. The lowest BCUT2D eigenvalue weighted by Gasteiger charge is -2.29. The second-order valence-electron chi connectivity index (χ2n) is 6.50. The summed E-state index contributed by atoms with van der Waals surface area (Å²) in [5.74, 6) is 0.849. The predicted molar refractivity (Wildman–Crippen MR) is 88.7 cm³/mol. The fourth-order valence-electron chi connectivity index (χ4n) is 2.97. The quantitative estimate of drug-likeness (QED) is 0.889. The predicted octanol–water partition coefficient (Wildman–Crippen LogP) is 2.44. The van der Waals surface area contributed by atoms with Crippen molar-refractivity contribution in [3.63, 3.8) is 0 Å². The number of benzene rings is 1. The van der Waals surface area contributed by atoms with Gasteiger partial charge in [-0.05, 0) is 56.9 Å². The third-order valence-electron chi connectivity index (χ3n) is 4.59. The van der Waals surface area contributed by atoms with Crippen LogP contribution in [0.1, 0.15) is 35.8 Å². The van der Waals surface area contributed by atoms with Crippen molar-refractivity contribution < 1.29 is 14.6 Å². The SMILES string of the molecule is COc1ccc2nc(C)cc(C(=O)NC(C)(CO)C3CC3)c2c1. The minimum absolute atomic E-state index is 0.0608. The number of carbonyl (C=O) groups excluding carboxylic acids is 1. The number of hydrogen-bond donors (Lipinski definition) is 2. The molecule has 1 atom stereocenters. The van der Waals surface area contributed by atoms with E-state index < -0.39 is 5.54 Å². The van der Waals surface area contributed by atoms with Crippen molar-refractivity contribution in [1.29, 1.82) is 0 Å². The van der Waals surface area contributed by atoms with Crippen molar-refractivity contribution >= 4 is 16.8 Å². The number of aliphatic hydroxyl groups is 1. The standard InChI is InChI=1S/C18H22N2O3/c1-11-8-15(14-9-13(23-3)6-7-16(14)19-11)17(22)20-18(2,10-21)12-4-5-12/h6-9,12,21H,4-5,10H2,1-3H3,(H,20,22). The van der Waals surface area contributed by atoms with Crippen LogP contribution in [0.5, 0.6) is 5.75 Å². The number of methoxy groups -OCH3 is 1. The van der Waals surface area contributed by atoms with E-state index >= 15 is 0 Å². The summed E-state index contributed by atoms with van der Waals surface area (Å²) in [4.78, 5) is 17.3. The van der Waals surface area contributed by atoms with Crippen molar-refractivity contribution in [1.82, 2.24) is 10.3 Å². The zero-order valence-electron chi connectivity index (χ0n) is 13.7. The van der Waals surface area contributed by atoms with Crippen LogP contribution in [0, 0.1) is 12.8 Å². The summed E-state index contributed by atoms with van der Waals surface area (Å²) in [5, 5.41) is 13.5. The average Bonchev–Trinajstić information content (AvgIpc) is 3.38. The zero-order valence-corrected chi connectivity index (χ0v) is 13.7. The molecule has 1 amide bonds. The summed E-state index contributed by atoms with van der Waals surface area (Å²) in [6, 6.07) is 7.29. The van der Waals surface area contributed by atoms with Crippen molar-refractivity contribution in [3.8, 4) is 5.75 Å². The molecule has 2 N–H and O–H groups in total. The van der Waals surface area contributed by atoms with Crippen LogP contribution < -0.4 is 10.1 Å². The second-order valence-corrected chi connectivity index (χ2v) is 6.50. The molecule has 1 aromatic heterocycles. The van der Waals surface area contributed by atoms with E-state index in [0.717, 1.165) is 29.4 Å². The largest absolute Gasteiger partial charge is 0.497 e. The van der Waals surface area contributed by atoms with E-state index in [9.17, 15) is 9.90 Å². The van der Waals surface area contributed by atoms with Crippen LogP contribution in [-0.4, -0.2) is 35.3 Å². The van der Waals surface area contributed by atoms with Gasteiger partial charge >= 0.3 is 0 Å². The number of nitrogens with zero attached hydrogens (tertiary/aromatic N) is 1. The highest BCUT2D eigenvalue weighted by Crippen LogP contribution is 2.39. The number of aromatic nitrogens is 1. The number of aryl methyl sites for hydroxylation is 1. The molecule has 0 saturated heterocycles. The molecule has 1 aromatic carbocycles. The fraction of sp³-hybridized carbons (Fsp3) is 0.444. The molecule has 0 bridgehead atoms. The Balaban J connectivity index is 2.02. The molecule has 0 aliphatic heterocycles. The van der Waals surface area contributed by atoms with Crippen LogP contribution in [0.4, 0.5) is 0 Å². The van der Waals surface area contributed by atoms with Crippen LogP contribution in [0.15, 0.2) is 24.3 Å². The summed E-state index contributed by atoms with van der Waals surface area (Å²) in [5.41, 5.74) is 1.53. The number of fused-ring (bicyclic) bond motifs is 1. The number of carbonyl (C=O) groups is 1. The summed E-state index contributed by atoms with van der Waals surface area (Å²) >= 11 is 0. The molecule has 122 valence electrons. The van der Waals surface area contributed by atoms with Crippen LogP contribution in [0.2, 0.25) is 0 Å². The van der Waals surface area contributed by atoms with Gasteiger partial charge in [0.1, 0.15) is 5.75 Å². The van der Waals surface area contributed by atoms with Gasteiger partial charge in [0.15, 0.2) is 0 Å². The van der Waals surface area contributed by atoms with Gasteiger partial charge in [0.2, 0.25) is 0 Å². The smallest absolute Gasteiger partial charge is 0.252 e. The zero-order chi connectivity index (χ0) is 16.6. The maximum absolute atomic E-state index is 12.8. The van der Waals surface area contributed by atoms with Gasteiger partial charge in [-0.25, -0.2) is 0 Å². The van der Waals surface area contributed by atoms with E-state index in [1.54, 1.807) is 13.2 Å². The highest BCUT2D eigenvalue weighted by atomic mass is 16.5. The average molecular weight is 314 g/mol. The minimum atomic E-state index is -0.570. The normalized spacial score (nSPS) is 16.9. The molecule has 1 fully saturated rings. The molecule has 23 heavy (non-hydrogen) atoms. The minimum Gasteiger partial charge on any atom is -0.497 e. The number of nitrogens with one attached hydrogen (secondary N) is 1. The van der Waals surface area contributed by atoms with Crippen LogP contribution in [0.3, 0.4) is 0 Å². The molecule has 1 aliphatic rings. The Bertz CT molecular complexity index is 755. The molecule has 2 aromatic rings. The molecule has 1 heterocycles. The lowest BCUT2D eigenvalue weighted by Crippen LogP contribution is -2.50. The monoisotopic (exact) mass is 314 g/mol. The molecule has 1 aliphatic carbocycles. The van der Waals surface area contributed by atoms with E-state index in [1.807, 2.05) is 32.0 Å². The first-order valence-corrected chi connectivity index (χ1v) is 7.85. The third-order valence-corrected chi connectivity index (χ3v) is 4.59. The lowest BCUT2D eigenvalue weighted by molar-refractivity contribution is 0.0826. The summed E-state index contributed by atoms with van der Waals surface area (Å²) < 4.78 is 5.26. The summed E-state index contributed by atoms with van der Waals surface area (Å²) in [6.45, 7) is 3.71.